The number of nitrogens with zero attached hydrogens (tertiary/aromatic N) is 1. The van der Waals surface area contributed by atoms with Gasteiger partial charge in [-0.2, -0.15) is 0 Å². The first-order chi connectivity index (χ1) is 8.31. The Morgan fingerprint density at radius 1 is 1.59 bits per heavy atom. The van der Waals surface area contributed by atoms with Crippen LogP contribution in [-0.4, -0.2) is 23.5 Å². The zero-order chi connectivity index (χ0) is 12.1. The maximum Gasteiger partial charge on any atom is 0.252 e. The Morgan fingerprint density at radius 3 is 3.06 bits per heavy atom. The van der Waals surface area contributed by atoms with E-state index in [2.05, 4.69) is 22.1 Å². The van der Waals surface area contributed by atoms with Crippen LogP contribution in [0.25, 0.3) is 0 Å². The van der Waals surface area contributed by atoms with Crippen molar-refractivity contribution in [1.29, 1.82) is 0 Å². The number of hydrogen-bond acceptors (Lipinski definition) is 3. The molecule has 4 nitrogen and oxygen atoms in total. The normalized spacial score (nSPS) is 14.4. The van der Waals surface area contributed by atoms with Gasteiger partial charge in [-0.3, -0.25) is 9.78 Å². The Morgan fingerprint density at radius 2 is 2.41 bits per heavy atom. The number of aromatic nitrogens is 1. The fraction of sp³-hybridized carbons (Fsp3) is 0.385. The lowest BCUT2D eigenvalue weighted by Crippen LogP contribution is -2.39. The van der Waals surface area contributed by atoms with Gasteiger partial charge < -0.3 is 11.1 Å². The Kier molecular flexibility index (Phi) is 3.73. The van der Waals surface area contributed by atoms with Crippen LogP contribution in [0, 0.1) is 11.8 Å². The van der Waals surface area contributed by atoms with Crippen LogP contribution in [0.4, 0.5) is 0 Å². The molecule has 1 aliphatic rings. The molecule has 0 aromatic carbocycles. The lowest BCUT2D eigenvalue weighted by molar-refractivity contribution is 0.0916. The Balaban J connectivity index is 2.15. The minimum atomic E-state index is -0.0709. The molecule has 0 aliphatic heterocycles. The highest BCUT2D eigenvalue weighted by molar-refractivity contribution is 5.96. The van der Waals surface area contributed by atoms with Crippen molar-refractivity contribution >= 4 is 5.91 Å². The quantitative estimate of drug-likeness (QED) is 0.733. The monoisotopic (exact) mass is 229 g/mol. The van der Waals surface area contributed by atoms with E-state index in [1.807, 2.05) is 0 Å². The molecule has 0 saturated heterocycles. The minimum Gasteiger partial charge on any atom is -0.349 e. The first kappa shape index (κ1) is 11.6. The predicted molar refractivity (Wildman–Crippen MR) is 65.3 cm³/mol. The highest BCUT2D eigenvalue weighted by Gasteiger charge is 2.21. The molecule has 0 spiro atoms. The zero-order valence-corrected chi connectivity index (χ0v) is 9.57. The summed E-state index contributed by atoms with van der Waals surface area (Å²) in [5, 5.41) is 2.98. The van der Waals surface area contributed by atoms with Gasteiger partial charge >= 0.3 is 0 Å². The minimum absolute atomic E-state index is 0.0709. The van der Waals surface area contributed by atoms with Crippen molar-refractivity contribution in [3.63, 3.8) is 0 Å². The second kappa shape index (κ2) is 5.46. The molecule has 1 aromatic heterocycles. The van der Waals surface area contributed by atoms with Gasteiger partial charge in [0, 0.05) is 18.4 Å². The van der Waals surface area contributed by atoms with Gasteiger partial charge in [-0.1, -0.05) is 11.8 Å². The average molecular weight is 229 g/mol. The molecule has 1 saturated carbocycles. The van der Waals surface area contributed by atoms with Crippen molar-refractivity contribution in [2.24, 2.45) is 5.73 Å². The van der Waals surface area contributed by atoms with Crippen molar-refractivity contribution in [2.45, 2.75) is 25.3 Å². The van der Waals surface area contributed by atoms with Crippen molar-refractivity contribution in [3.8, 4) is 11.8 Å². The third-order valence-corrected chi connectivity index (χ3v) is 2.83. The van der Waals surface area contributed by atoms with Crippen molar-refractivity contribution < 1.29 is 4.79 Å². The van der Waals surface area contributed by atoms with Crippen LogP contribution in [0.1, 0.15) is 35.2 Å². The van der Waals surface area contributed by atoms with Crippen LogP contribution >= 0.6 is 0 Å². The Hall–Kier alpha value is -1.86. The summed E-state index contributed by atoms with van der Waals surface area (Å²) in [6.45, 7) is 0.276. The van der Waals surface area contributed by atoms with E-state index in [-0.39, 0.29) is 12.5 Å². The molecule has 1 aliphatic carbocycles. The molecule has 0 atom stereocenters. The lowest BCUT2D eigenvalue weighted by atomic mass is 9.93. The van der Waals surface area contributed by atoms with Crippen LogP contribution in [0.15, 0.2) is 18.5 Å². The largest absolute Gasteiger partial charge is 0.349 e. The third-order valence-electron chi connectivity index (χ3n) is 2.83. The van der Waals surface area contributed by atoms with E-state index < -0.39 is 0 Å². The van der Waals surface area contributed by atoms with Gasteiger partial charge in [0.25, 0.3) is 5.91 Å². The van der Waals surface area contributed by atoms with Crippen LogP contribution in [-0.2, 0) is 0 Å². The summed E-state index contributed by atoms with van der Waals surface area (Å²) >= 11 is 0. The first-order valence-electron chi connectivity index (χ1n) is 5.75. The maximum atomic E-state index is 12.0. The van der Waals surface area contributed by atoms with Gasteiger partial charge in [-0.15, -0.1) is 0 Å². The second-order valence-electron chi connectivity index (χ2n) is 4.03. The van der Waals surface area contributed by atoms with Gasteiger partial charge in [0.2, 0.25) is 0 Å². The number of hydrogen-bond donors (Lipinski definition) is 2. The molecule has 17 heavy (non-hydrogen) atoms. The molecule has 1 fully saturated rings. The van der Waals surface area contributed by atoms with E-state index in [0.29, 0.717) is 17.2 Å². The number of carbonyl (C=O) groups excluding carboxylic acids is 1. The molecule has 1 heterocycles. The molecule has 2 rings (SSSR count). The van der Waals surface area contributed by atoms with Crippen molar-refractivity contribution in [1.82, 2.24) is 10.3 Å². The molecular weight excluding hydrogens is 214 g/mol. The van der Waals surface area contributed by atoms with Crippen LogP contribution < -0.4 is 11.1 Å². The predicted octanol–water partition coefficient (Wildman–Crippen LogP) is 0.674. The third kappa shape index (κ3) is 2.83. The number of carbonyl (C=O) groups is 1. The topological polar surface area (TPSA) is 68.0 Å². The van der Waals surface area contributed by atoms with E-state index >= 15 is 0 Å². The SMILES string of the molecule is NCC#Cc1cnccc1C(=O)NC1CCC1. The number of pyridine rings is 1. The molecule has 4 heteroatoms. The van der Waals surface area contributed by atoms with Crippen LogP contribution in [0.3, 0.4) is 0 Å². The smallest absolute Gasteiger partial charge is 0.252 e. The maximum absolute atomic E-state index is 12.0. The number of rotatable bonds is 2. The van der Waals surface area contributed by atoms with Gasteiger partial charge in [-0.25, -0.2) is 0 Å². The fourth-order valence-electron chi connectivity index (χ4n) is 1.65. The summed E-state index contributed by atoms with van der Waals surface area (Å²) in [5.74, 6) is 5.53. The molecule has 0 radical (unpaired) electrons. The number of nitrogens with two attached hydrogens (primary N) is 1. The molecule has 1 amide bonds. The summed E-state index contributed by atoms with van der Waals surface area (Å²) in [6.07, 6.45) is 6.53. The number of nitrogens with one attached hydrogen (secondary N) is 1. The van der Waals surface area contributed by atoms with E-state index in [4.69, 9.17) is 5.73 Å². The van der Waals surface area contributed by atoms with Gasteiger partial charge in [-0.05, 0) is 25.3 Å². The van der Waals surface area contributed by atoms with E-state index in [1.165, 1.54) is 6.42 Å². The van der Waals surface area contributed by atoms with Gasteiger partial charge in [0.1, 0.15) is 0 Å². The molecule has 3 N–H and O–H groups in total. The van der Waals surface area contributed by atoms with Crippen LogP contribution in [0.5, 0.6) is 0 Å². The fourth-order valence-corrected chi connectivity index (χ4v) is 1.65. The van der Waals surface area contributed by atoms with Crippen molar-refractivity contribution in [2.75, 3.05) is 6.54 Å². The first-order valence-corrected chi connectivity index (χ1v) is 5.75. The second-order valence-corrected chi connectivity index (χ2v) is 4.03. The number of amides is 1. The van der Waals surface area contributed by atoms with Crippen molar-refractivity contribution in [3.05, 3.63) is 29.6 Å². The Bertz CT molecular complexity index is 469. The Labute approximate surface area is 101 Å². The van der Waals surface area contributed by atoms with E-state index in [1.54, 1.807) is 18.5 Å². The molecular formula is C13H15N3O. The summed E-state index contributed by atoms with van der Waals surface area (Å²) in [6, 6.07) is 2.01. The molecule has 88 valence electrons. The summed E-state index contributed by atoms with van der Waals surface area (Å²) in [4.78, 5) is 16.0. The summed E-state index contributed by atoms with van der Waals surface area (Å²) in [7, 11) is 0. The summed E-state index contributed by atoms with van der Waals surface area (Å²) in [5.41, 5.74) is 6.53. The summed E-state index contributed by atoms with van der Waals surface area (Å²) < 4.78 is 0. The molecule has 1 aromatic rings. The van der Waals surface area contributed by atoms with Gasteiger partial charge in [0.05, 0.1) is 17.7 Å². The van der Waals surface area contributed by atoms with E-state index in [9.17, 15) is 4.79 Å². The van der Waals surface area contributed by atoms with Crippen LogP contribution in [0.2, 0.25) is 0 Å². The standard InChI is InChI=1S/C13H15N3O/c14-7-2-3-10-9-15-8-6-12(10)13(17)16-11-4-1-5-11/h6,8-9,11H,1,4-5,7,14H2,(H,16,17). The highest BCUT2D eigenvalue weighted by Crippen LogP contribution is 2.18. The lowest BCUT2D eigenvalue weighted by Gasteiger charge is -2.26. The van der Waals surface area contributed by atoms with Gasteiger partial charge in [0.15, 0.2) is 0 Å². The highest BCUT2D eigenvalue weighted by atomic mass is 16.1. The molecule has 0 bridgehead atoms. The average Bonchev–Trinajstić information content (AvgIpc) is 2.31. The zero-order valence-electron chi connectivity index (χ0n) is 9.57. The van der Waals surface area contributed by atoms with E-state index in [0.717, 1.165) is 12.8 Å². The molecule has 0 unspecified atom stereocenters.